The van der Waals surface area contributed by atoms with E-state index < -0.39 is 0 Å². The number of benzene rings is 2. The van der Waals surface area contributed by atoms with Crippen LogP contribution in [0, 0.1) is 0 Å². The molecule has 0 aliphatic heterocycles. The first-order chi connectivity index (χ1) is 10.6. The first-order valence-corrected chi connectivity index (χ1v) is 7.68. The van der Waals surface area contributed by atoms with Gasteiger partial charge in [0.15, 0.2) is 0 Å². The monoisotopic (exact) mass is 378 g/mol. The summed E-state index contributed by atoms with van der Waals surface area (Å²) in [7, 11) is 0. The van der Waals surface area contributed by atoms with Crippen LogP contribution in [0.4, 0.5) is 0 Å². The van der Waals surface area contributed by atoms with Crippen LogP contribution in [0.25, 0.3) is 16.6 Å². The number of aromatic nitrogens is 2. The molecule has 112 valence electrons. The Balaban J connectivity index is 2.37. The zero-order valence-electron chi connectivity index (χ0n) is 11.4. The number of hydrogen-bond acceptors (Lipinski definition) is 4. The third-order valence-corrected chi connectivity index (χ3v) is 3.95. The van der Waals surface area contributed by atoms with Gasteiger partial charge in [0.1, 0.15) is 5.82 Å². The van der Waals surface area contributed by atoms with Crippen LogP contribution in [0.3, 0.4) is 0 Å². The highest BCUT2D eigenvalue weighted by Crippen LogP contribution is 2.19. The molecule has 3 N–H and O–H groups in total. The summed E-state index contributed by atoms with van der Waals surface area (Å²) >= 11 is 9.42. The predicted molar refractivity (Wildman–Crippen MR) is 91.1 cm³/mol. The van der Waals surface area contributed by atoms with Gasteiger partial charge in [-0.25, -0.2) is 4.98 Å². The van der Waals surface area contributed by atoms with E-state index in [2.05, 4.69) is 26.3 Å². The van der Waals surface area contributed by atoms with E-state index in [-0.39, 0.29) is 12.1 Å². The highest BCUT2D eigenvalue weighted by atomic mass is 79.9. The molecule has 2 aromatic carbocycles. The van der Waals surface area contributed by atoms with Crippen LogP contribution in [-0.2, 0) is 6.54 Å². The van der Waals surface area contributed by atoms with Crippen LogP contribution in [0.15, 0.2) is 51.7 Å². The van der Waals surface area contributed by atoms with E-state index in [0.717, 1.165) is 4.47 Å². The molecule has 3 rings (SSSR count). The van der Waals surface area contributed by atoms with Crippen molar-refractivity contribution in [2.75, 3.05) is 0 Å². The molecule has 3 aromatic rings. The van der Waals surface area contributed by atoms with Gasteiger partial charge in [-0.05, 0) is 36.4 Å². The zero-order valence-corrected chi connectivity index (χ0v) is 13.7. The molecule has 0 saturated heterocycles. The molecule has 0 atom stereocenters. The molecule has 0 saturated carbocycles. The summed E-state index contributed by atoms with van der Waals surface area (Å²) in [6.07, 6.45) is 0. The molecule has 0 amide bonds. The maximum absolute atomic E-state index is 12.9. The van der Waals surface area contributed by atoms with Gasteiger partial charge < -0.3 is 0 Å². The van der Waals surface area contributed by atoms with Crippen molar-refractivity contribution in [3.63, 3.8) is 0 Å². The first-order valence-electron chi connectivity index (χ1n) is 6.51. The number of nitrogens with zero attached hydrogens (tertiary/aromatic N) is 2. The molecule has 0 aliphatic carbocycles. The second kappa shape index (κ2) is 6.18. The van der Waals surface area contributed by atoms with E-state index in [9.17, 15) is 4.79 Å². The largest absolute Gasteiger partial charge is 0.271 e. The molecule has 0 aliphatic rings. The Morgan fingerprint density at radius 2 is 2.09 bits per heavy atom. The van der Waals surface area contributed by atoms with Gasteiger partial charge in [0.2, 0.25) is 0 Å². The minimum absolute atomic E-state index is 0.168. The van der Waals surface area contributed by atoms with Gasteiger partial charge in [-0.2, -0.15) is 0 Å². The summed E-state index contributed by atoms with van der Waals surface area (Å²) in [4.78, 5) is 17.4. The summed E-state index contributed by atoms with van der Waals surface area (Å²) in [5, 5.41) is 1.07. The standard InChI is InChI=1S/C15H12BrClN4O/c16-9-4-5-13-12(6-9)15(22)21(14(20-13)8-19-18)11-3-1-2-10(17)7-11/h1-7,19H,8,18H2. The van der Waals surface area contributed by atoms with Crippen molar-refractivity contribution in [1.29, 1.82) is 0 Å². The molecule has 0 bridgehead atoms. The molecule has 5 nitrogen and oxygen atoms in total. The van der Waals surface area contributed by atoms with Gasteiger partial charge in [0.25, 0.3) is 5.56 Å². The molecule has 7 heteroatoms. The van der Waals surface area contributed by atoms with Crippen molar-refractivity contribution in [3.8, 4) is 5.69 Å². The van der Waals surface area contributed by atoms with Crippen molar-refractivity contribution in [2.24, 2.45) is 5.84 Å². The number of hydrogen-bond donors (Lipinski definition) is 2. The number of halogens is 2. The highest BCUT2D eigenvalue weighted by Gasteiger charge is 2.13. The topological polar surface area (TPSA) is 72.9 Å². The fourth-order valence-corrected chi connectivity index (χ4v) is 2.84. The molecule has 1 heterocycles. The number of hydrazine groups is 1. The van der Waals surface area contributed by atoms with Crippen molar-refractivity contribution < 1.29 is 0 Å². The van der Waals surface area contributed by atoms with E-state index in [1.165, 1.54) is 4.57 Å². The summed E-state index contributed by atoms with van der Waals surface area (Å²) in [6.45, 7) is 0.258. The summed E-state index contributed by atoms with van der Waals surface area (Å²) in [6, 6.07) is 12.5. The molecule has 0 fully saturated rings. The SMILES string of the molecule is NNCc1nc2ccc(Br)cc2c(=O)n1-c1cccc(Cl)c1. The number of nitrogens with two attached hydrogens (primary N) is 1. The molecular weight excluding hydrogens is 368 g/mol. The first kappa shape index (κ1) is 15.2. The van der Waals surface area contributed by atoms with E-state index in [1.54, 1.807) is 36.4 Å². The molecule has 0 unspecified atom stereocenters. The number of rotatable bonds is 3. The number of fused-ring (bicyclic) bond motifs is 1. The lowest BCUT2D eigenvalue weighted by molar-refractivity contribution is 0.674. The predicted octanol–water partition coefficient (Wildman–Crippen LogP) is 2.76. The van der Waals surface area contributed by atoms with Crippen LogP contribution in [-0.4, -0.2) is 9.55 Å². The van der Waals surface area contributed by atoms with Crippen molar-refractivity contribution >= 4 is 38.4 Å². The van der Waals surface area contributed by atoms with E-state index >= 15 is 0 Å². The average Bonchev–Trinajstić information content (AvgIpc) is 2.49. The Bertz CT molecular complexity index is 910. The molecule has 0 spiro atoms. The third-order valence-electron chi connectivity index (χ3n) is 3.23. The van der Waals surface area contributed by atoms with Crippen LogP contribution in [0.1, 0.15) is 5.82 Å². The Labute approximate surface area is 139 Å². The quantitative estimate of drug-likeness (QED) is 0.542. The second-order valence-corrected chi connectivity index (χ2v) is 6.04. The lowest BCUT2D eigenvalue weighted by atomic mass is 10.2. The fourth-order valence-electron chi connectivity index (χ4n) is 2.30. The van der Waals surface area contributed by atoms with E-state index in [0.29, 0.717) is 27.4 Å². The van der Waals surface area contributed by atoms with Crippen molar-refractivity contribution in [3.05, 3.63) is 68.1 Å². The summed E-state index contributed by atoms with van der Waals surface area (Å²) in [5.41, 5.74) is 3.65. The highest BCUT2D eigenvalue weighted by molar-refractivity contribution is 9.10. The van der Waals surface area contributed by atoms with Gasteiger partial charge in [-0.1, -0.05) is 33.6 Å². The van der Waals surface area contributed by atoms with Gasteiger partial charge >= 0.3 is 0 Å². The summed E-state index contributed by atoms with van der Waals surface area (Å²) < 4.78 is 2.33. The Morgan fingerprint density at radius 1 is 1.27 bits per heavy atom. The third kappa shape index (κ3) is 2.78. The Kier molecular flexibility index (Phi) is 4.26. The van der Waals surface area contributed by atoms with Crippen LogP contribution in [0.5, 0.6) is 0 Å². The van der Waals surface area contributed by atoms with Gasteiger partial charge in [-0.15, -0.1) is 0 Å². The minimum Gasteiger partial charge on any atom is -0.271 e. The van der Waals surface area contributed by atoms with Gasteiger partial charge in [0, 0.05) is 9.50 Å². The summed E-state index contributed by atoms with van der Waals surface area (Å²) in [5.74, 6) is 5.93. The maximum atomic E-state index is 12.9. The van der Waals surface area contributed by atoms with Crippen LogP contribution < -0.4 is 16.8 Å². The van der Waals surface area contributed by atoms with Gasteiger partial charge in [-0.3, -0.25) is 20.6 Å². The average molecular weight is 380 g/mol. The minimum atomic E-state index is -0.168. The van der Waals surface area contributed by atoms with Crippen LogP contribution >= 0.6 is 27.5 Å². The van der Waals surface area contributed by atoms with Crippen LogP contribution in [0.2, 0.25) is 5.02 Å². The number of nitrogens with one attached hydrogen (secondary N) is 1. The second-order valence-electron chi connectivity index (χ2n) is 4.69. The fraction of sp³-hybridized carbons (Fsp3) is 0.0667. The maximum Gasteiger partial charge on any atom is 0.266 e. The Morgan fingerprint density at radius 3 is 2.82 bits per heavy atom. The molecular formula is C15H12BrClN4O. The Hall–Kier alpha value is -1.73. The molecule has 1 aromatic heterocycles. The van der Waals surface area contributed by atoms with E-state index in [1.807, 2.05) is 6.07 Å². The molecule has 0 radical (unpaired) electrons. The van der Waals surface area contributed by atoms with Gasteiger partial charge in [0.05, 0.1) is 23.1 Å². The zero-order chi connectivity index (χ0) is 15.7. The molecule has 22 heavy (non-hydrogen) atoms. The lowest BCUT2D eigenvalue weighted by Gasteiger charge is -2.13. The van der Waals surface area contributed by atoms with Crippen molar-refractivity contribution in [1.82, 2.24) is 15.0 Å². The van der Waals surface area contributed by atoms with E-state index in [4.69, 9.17) is 17.4 Å². The van der Waals surface area contributed by atoms with Crippen molar-refractivity contribution in [2.45, 2.75) is 6.54 Å². The smallest absolute Gasteiger partial charge is 0.266 e. The normalized spacial score (nSPS) is 11.0. The lowest BCUT2D eigenvalue weighted by Crippen LogP contribution is -2.30.